The lowest BCUT2D eigenvalue weighted by Gasteiger charge is -2.32. The maximum atomic E-state index is 12.4. The van der Waals surface area contributed by atoms with Crippen LogP contribution in [-0.2, 0) is 25.4 Å². The highest BCUT2D eigenvalue weighted by molar-refractivity contribution is 5.79. The third-order valence-electron chi connectivity index (χ3n) is 4.27. The van der Waals surface area contributed by atoms with Crippen molar-refractivity contribution in [3.8, 4) is 0 Å². The number of carbonyl (C=O) groups excluding carboxylic acids is 1. The average Bonchev–Trinajstić information content (AvgIpc) is 2.64. The van der Waals surface area contributed by atoms with Crippen molar-refractivity contribution in [2.75, 3.05) is 6.61 Å². The molecule has 1 aliphatic heterocycles. The third kappa shape index (κ3) is 9.11. The van der Waals surface area contributed by atoms with Gasteiger partial charge in [0.15, 0.2) is 6.29 Å². The first kappa shape index (κ1) is 22.9. The molecule has 3 atom stereocenters. The normalized spacial score (nSPS) is 19.5. The van der Waals surface area contributed by atoms with E-state index in [1.165, 1.54) is 6.08 Å². The van der Waals surface area contributed by atoms with Gasteiger partial charge in [0.25, 0.3) is 0 Å². The number of rotatable bonds is 8. The van der Waals surface area contributed by atoms with Crippen molar-refractivity contribution in [2.24, 2.45) is 0 Å². The van der Waals surface area contributed by atoms with E-state index in [1.54, 1.807) is 20.8 Å². The summed E-state index contributed by atoms with van der Waals surface area (Å²) >= 11 is 0. The fraction of sp³-hybridized carbons (Fsp3) is 0.545. The molecule has 0 saturated carbocycles. The number of carboxylic acids is 1. The Labute approximate surface area is 172 Å². The van der Waals surface area contributed by atoms with Gasteiger partial charge in [-0.25, -0.2) is 9.59 Å². The van der Waals surface area contributed by atoms with E-state index in [0.29, 0.717) is 13.0 Å². The Bertz CT molecular complexity index is 676. The molecule has 7 heteroatoms. The standard InChI is InChI=1S/C22H31NO6/c1-22(2,3)29-21(26)23-17(15-16-9-5-4-6-10-16)18(12-13-19(24)25)28-20-11-7-8-14-27-20/h4-6,9-10,12-13,17-18,20H,7-8,11,14-15H2,1-3H3,(H,23,26)(H,24,25). The van der Waals surface area contributed by atoms with Gasteiger partial charge in [0.05, 0.1) is 12.1 Å². The first-order chi connectivity index (χ1) is 13.7. The van der Waals surface area contributed by atoms with Gasteiger partial charge in [0.2, 0.25) is 0 Å². The molecule has 0 aromatic heterocycles. The summed E-state index contributed by atoms with van der Waals surface area (Å²) in [5.74, 6) is -1.08. The lowest BCUT2D eigenvalue weighted by molar-refractivity contribution is -0.183. The van der Waals surface area contributed by atoms with E-state index < -0.39 is 36.1 Å². The molecule has 1 fully saturated rings. The number of nitrogens with one attached hydrogen (secondary N) is 1. The minimum atomic E-state index is -1.08. The van der Waals surface area contributed by atoms with Crippen LogP contribution in [0.4, 0.5) is 4.79 Å². The van der Waals surface area contributed by atoms with Gasteiger partial charge in [0, 0.05) is 12.7 Å². The Morgan fingerprint density at radius 1 is 1.28 bits per heavy atom. The molecule has 0 aliphatic carbocycles. The number of hydrogen-bond donors (Lipinski definition) is 2. The maximum absolute atomic E-state index is 12.4. The van der Waals surface area contributed by atoms with Crippen molar-refractivity contribution >= 4 is 12.1 Å². The zero-order valence-electron chi connectivity index (χ0n) is 17.3. The van der Waals surface area contributed by atoms with E-state index in [1.807, 2.05) is 30.3 Å². The summed E-state index contributed by atoms with van der Waals surface area (Å²) in [7, 11) is 0. The van der Waals surface area contributed by atoms with Crippen molar-refractivity contribution < 1.29 is 28.9 Å². The summed E-state index contributed by atoms with van der Waals surface area (Å²) < 4.78 is 17.1. The van der Waals surface area contributed by atoms with Gasteiger partial charge >= 0.3 is 12.1 Å². The van der Waals surface area contributed by atoms with Crippen molar-refractivity contribution in [2.45, 2.75) is 70.5 Å². The zero-order chi connectivity index (χ0) is 21.3. The summed E-state index contributed by atoms with van der Waals surface area (Å²) in [6.07, 6.45) is 3.88. The first-order valence-electron chi connectivity index (χ1n) is 9.94. The number of ether oxygens (including phenoxy) is 3. The fourth-order valence-corrected chi connectivity index (χ4v) is 3.02. The molecule has 1 aromatic carbocycles. The number of carboxylic acid groups (broad SMARTS) is 1. The molecule has 1 saturated heterocycles. The molecule has 1 aromatic rings. The average molecular weight is 405 g/mol. The summed E-state index contributed by atoms with van der Waals surface area (Å²) in [5, 5.41) is 11.9. The summed E-state index contributed by atoms with van der Waals surface area (Å²) in [4.78, 5) is 23.5. The quantitative estimate of drug-likeness (QED) is 0.641. The smallest absolute Gasteiger partial charge is 0.407 e. The van der Waals surface area contributed by atoms with Crippen LogP contribution < -0.4 is 5.32 Å². The predicted octanol–water partition coefficient (Wildman–Crippen LogP) is 3.68. The molecule has 0 bridgehead atoms. The van der Waals surface area contributed by atoms with Gasteiger partial charge in [-0.15, -0.1) is 0 Å². The van der Waals surface area contributed by atoms with E-state index in [9.17, 15) is 9.59 Å². The molecule has 0 spiro atoms. The van der Waals surface area contributed by atoms with E-state index in [2.05, 4.69) is 5.32 Å². The summed E-state index contributed by atoms with van der Waals surface area (Å²) in [6, 6.07) is 9.08. The molecule has 3 unspecified atom stereocenters. The molecule has 29 heavy (non-hydrogen) atoms. The Hall–Kier alpha value is -2.38. The number of amides is 1. The topological polar surface area (TPSA) is 94.1 Å². The van der Waals surface area contributed by atoms with Crippen LogP contribution in [-0.4, -0.2) is 47.8 Å². The molecule has 160 valence electrons. The van der Waals surface area contributed by atoms with Gasteiger partial charge < -0.3 is 24.6 Å². The van der Waals surface area contributed by atoms with Crippen molar-refractivity contribution in [1.82, 2.24) is 5.32 Å². The first-order valence-corrected chi connectivity index (χ1v) is 9.94. The number of benzene rings is 1. The molecular formula is C22H31NO6. The maximum Gasteiger partial charge on any atom is 0.407 e. The highest BCUT2D eigenvalue weighted by Gasteiger charge is 2.29. The lowest BCUT2D eigenvalue weighted by atomic mass is 10.0. The van der Waals surface area contributed by atoms with Crippen LogP contribution in [0.3, 0.4) is 0 Å². The Morgan fingerprint density at radius 2 is 2.00 bits per heavy atom. The van der Waals surface area contributed by atoms with E-state index in [4.69, 9.17) is 19.3 Å². The monoisotopic (exact) mass is 405 g/mol. The minimum absolute atomic E-state index is 0.439. The molecule has 2 rings (SSSR count). The molecule has 7 nitrogen and oxygen atoms in total. The Morgan fingerprint density at radius 3 is 2.59 bits per heavy atom. The highest BCUT2D eigenvalue weighted by atomic mass is 16.7. The SMILES string of the molecule is CC(C)(C)OC(=O)NC(Cc1ccccc1)C(C=CC(=O)O)OC1CCCCO1. The van der Waals surface area contributed by atoms with Crippen LogP contribution in [0.15, 0.2) is 42.5 Å². The van der Waals surface area contributed by atoms with Crippen molar-refractivity contribution in [3.63, 3.8) is 0 Å². The number of aliphatic carboxylic acids is 1. The second-order valence-electron chi connectivity index (χ2n) is 8.04. The molecule has 2 N–H and O–H groups in total. The van der Waals surface area contributed by atoms with Crippen molar-refractivity contribution in [3.05, 3.63) is 48.0 Å². The van der Waals surface area contributed by atoms with Crippen LogP contribution in [0.1, 0.15) is 45.6 Å². The molecule has 1 heterocycles. The summed E-state index contributed by atoms with van der Waals surface area (Å²) in [5.41, 5.74) is 0.330. The minimum Gasteiger partial charge on any atom is -0.478 e. The Balaban J connectivity index is 2.22. The molecule has 1 amide bonds. The van der Waals surface area contributed by atoms with E-state index in [0.717, 1.165) is 30.9 Å². The molecule has 1 aliphatic rings. The molecule has 0 radical (unpaired) electrons. The van der Waals surface area contributed by atoms with Gasteiger partial charge in [-0.1, -0.05) is 30.3 Å². The van der Waals surface area contributed by atoms with Crippen molar-refractivity contribution in [1.29, 1.82) is 0 Å². The van der Waals surface area contributed by atoms with Gasteiger partial charge in [-0.05, 0) is 58.1 Å². The Kier molecular flexibility index (Phi) is 8.67. The fourth-order valence-electron chi connectivity index (χ4n) is 3.02. The summed E-state index contributed by atoms with van der Waals surface area (Å²) in [6.45, 7) is 5.95. The second kappa shape index (κ2) is 11.0. The zero-order valence-corrected chi connectivity index (χ0v) is 17.3. The van der Waals surface area contributed by atoms with E-state index >= 15 is 0 Å². The van der Waals surface area contributed by atoms with Gasteiger partial charge in [-0.2, -0.15) is 0 Å². The molecular weight excluding hydrogens is 374 g/mol. The second-order valence-corrected chi connectivity index (χ2v) is 8.04. The van der Waals surface area contributed by atoms with Crippen LogP contribution in [0.2, 0.25) is 0 Å². The third-order valence-corrected chi connectivity index (χ3v) is 4.27. The lowest BCUT2D eigenvalue weighted by Crippen LogP contribution is -2.48. The number of carbonyl (C=O) groups is 2. The van der Waals surface area contributed by atoms with Crippen LogP contribution in [0, 0.1) is 0 Å². The van der Waals surface area contributed by atoms with E-state index in [-0.39, 0.29) is 0 Å². The largest absolute Gasteiger partial charge is 0.478 e. The number of alkyl carbamates (subject to hydrolysis) is 1. The van der Waals surface area contributed by atoms with Crippen LogP contribution in [0.5, 0.6) is 0 Å². The highest BCUT2D eigenvalue weighted by Crippen LogP contribution is 2.19. The van der Waals surface area contributed by atoms with Crippen LogP contribution in [0.25, 0.3) is 0 Å². The van der Waals surface area contributed by atoms with Crippen LogP contribution >= 0.6 is 0 Å². The van der Waals surface area contributed by atoms with Gasteiger partial charge in [-0.3, -0.25) is 0 Å². The van der Waals surface area contributed by atoms with Gasteiger partial charge in [0.1, 0.15) is 5.60 Å². The number of hydrogen-bond acceptors (Lipinski definition) is 5. The predicted molar refractivity (Wildman–Crippen MR) is 109 cm³/mol.